The van der Waals surface area contributed by atoms with E-state index in [2.05, 4.69) is 13.8 Å². The Balaban J connectivity index is 2.21. The van der Waals surface area contributed by atoms with Gasteiger partial charge in [-0.15, -0.1) is 0 Å². The van der Waals surface area contributed by atoms with E-state index in [1.807, 2.05) is 0 Å². The molecule has 2 N–H and O–H groups in total. The van der Waals surface area contributed by atoms with Gasteiger partial charge in [0.1, 0.15) is 0 Å². The lowest BCUT2D eigenvalue weighted by atomic mass is 9.66. The Labute approximate surface area is 80.0 Å². The highest BCUT2D eigenvalue weighted by Crippen LogP contribution is 2.60. The number of fused-ring (bicyclic) bond motifs is 2. The molecule has 2 nitrogen and oxygen atoms in total. The highest BCUT2D eigenvalue weighted by Gasteiger charge is 2.56. The van der Waals surface area contributed by atoms with E-state index in [1.165, 1.54) is 6.42 Å². The third-order valence-corrected chi connectivity index (χ3v) is 4.85. The molecular weight excluding hydrogens is 164 g/mol. The quantitative estimate of drug-likeness (QED) is 0.678. The first kappa shape index (κ1) is 9.47. The summed E-state index contributed by atoms with van der Waals surface area (Å²) in [6.07, 6.45) is 2.26. The van der Waals surface area contributed by atoms with Gasteiger partial charge in [-0.1, -0.05) is 13.8 Å². The van der Waals surface area contributed by atoms with Crippen LogP contribution in [-0.2, 0) is 0 Å². The van der Waals surface area contributed by atoms with Crippen LogP contribution in [-0.4, -0.2) is 23.4 Å². The molecular formula is C11H20O2. The third kappa shape index (κ3) is 1.08. The van der Waals surface area contributed by atoms with E-state index in [0.717, 1.165) is 18.3 Å². The number of aliphatic hydroxyl groups is 2. The van der Waals surface area contributed by atoms with Crippen LogP contribution in [0.1, 0.15) is 26.7 Å². The second-order valence-corrected chi connectivity index (χ2v) is 5.20. The van der Waals surface area contributed by atoms with Gasteiger partial charge in [0.05, 0.1) is 13.2 Å². The lowest BCUT2D eigenvalue weighted by Gasteiger charge is -2.40. The normalized spacial score (nSPS) is 47.1. The van der Waals surface area contributed by atoms with Gasteiger partial charge in [0.15, 0.2) is 0 Å². The minimum atomic E-state index is -0.142. The van der Waals surface area contributed by atoms with Gasteiger partial charge in [-0.05, 0) is 36.5 Å². The fourth-order valence-corrected chi connectivity index (χ4v) is 3.72. The number of hydrogen-bond donors (Lipinski definition) is 2. The maximum atomic E-state index is 9.38. The summed E-state index contributed by atoms with van der Waals surface area (Å²) in [5, 5.41) is 18.8. The van der Waals surface area contributed by atoms with Gasteiger partial charge >= 0.3 is 0 Å². The molecule has 0 amide bonds. The fraction of sp³-hybridized carbons (Fsp3) is 1.00. The van der Waals surface area contributed by atoms with Crippen molar-refractivity contribution in [1.82, 2.24) is 0 Å². The van der Waals surface area contributed by atoms with Crippen molar-refractivity contribution >= 4 is 0 Å². The van der Waals surface area contributed by atoms with Crippen molar-refractivity contribution in [3.63, 3.8) is 0 Å². The van der Waals surface area contributed by atoms with E-state index in [1.54, 1.807) is 0 Å². The van der Waals surface area contributed by atoms with E-state index in [0.29, 0.717) is 11.8 Å². The fourth-order valence-electron chi connectivity index (χ4n) is 3.72. The van der Waals surface area contributed by atoms with Crippen LogP contribution in [0.25, 0.3) is 0 Å². The molecule has 2 aliphatic carbocycles. The summed E-state index contributed by atoms with van der Waals surface area (Å²) in [6, 6.07) is 0. The lowest BCUT2D eigenvalue weighted by molar-refractivity contribution is -0.0229. The molecule has 0 heterocycles. The van der Waals surface area contributed by atoms with Gasteiger partial charge in [-0.2, -0.15) is 0 Å². The molecule has 13 heavy (non-hydrogen) atoms. The molecule has 4 unspecified atom stereocenters. The van der Waals surface area contributed by atoms with Crippen LogP contribution in [0.4, 0.5) is 0 Å². The first-order valence-corrected chi connectivity index (χ1v) is 5.36. The van der Waals surface area contributed by atoms with Crippen LogP contribution < -0.4 is 0 Å². The first-order chi connectivity index (χ1) is 6.14. The zero-order valence-electron chi connectivity index (χ0n) is 8.53. The molecule has 0 radical (unpaired) electrons. The highest BCUT2D eigenvalue weighted by atomic mass is 16.3. The van der Waals surface area contributed by atoms with Crippen molar-refractivity contribution in [1.29, 1.82) is 0 Å². The molecule has 0 aromatic rings. The molecule has 4 atom stereocenters. The Morgan fingerprint density at radius 2 is 1.77 bits per heavy atom. The van der Waals surface area contributed by atoms with Crippen molar-refractivity contribution in [3.8, 4) is 0 Å². The van der Waals surface area contributed by atoms with Crippen molar-refractivity contribution in [2.75, 3.05) is 13.2 Å². The third-order valence-electron chi connectivity index (χ3n) is 4.85. The van der Waals surface area contributed by atoms with E-state index in [-0.39, 0.29) is 18.6 Å². The predicted molar refractivity (Wildman–Crippen MR) is 51.1 cm³/mol. The zero-order valence-corrected chi connectivity index (χ0v) is 8.53. The molecule has 0 saturated heterocycles. The Hall–Kier alpha value is -0.0800. The van der Waals surface area contributed by atoms with Gasteiger partial charge in [0, 0.05) is 5.41 Å². The molecule has 76 valence electrons. The van der Waals surface area contributed by atoms with Crippen molar-refractivity contribution in [3.05, 3.63) is 0 Å². The standard InChI is InChI=1S/C11H20O2/c1-7-8(2)10-3-9(7)4-11(10,5-12)6-13/h7-10,12-13H,3-6H2,1-2H3. The van der Waals surface area contributed by atoms with Crippen LogP contribution in [0.2, 0.25) is 0 Å². The van der Waals surface area contributed by atoms with E-state index in [9.17, 15) is 10.2 Å². The van der Waals surface area contributed by atoms with Crippen LogP contribution in [0.3, 0.4) is 0 Å². The summed E-state index contributed by atoms with van der Waals surface area (Å²) in [4.78, 5) is 0. The Morgan fingerprint density at radius 3 is 2.15 bits per heavy atom. The highest BCUT2D eigenvalue weighted by molar-refractivity contribution is 5.05. The second-order valence-electron chi connectivity index (χ2n) is 5.20. The molecule has 0 spiro atoms. The lowest BCUT2D eigenvalue weighted by Crippen LogP contribution is -2.41. The summed E-state index contributed by atoms with van der Waals surface area (Å²) in [5.74, 6) is 2.77. The average Bonchev–Trinajstić information content (AvgIpc) is 2.65. The van der Waals surface area contributed by atoms with Crippen LogP contribution >= 0.6 is 0 Å². The summed E-state index contributed by atoms with van der Waals surface area (Å²) in [7, 11) is 0. The predicted octanol–water partition coefficient (Wildman–Crippen LogP) is 1.27. The molecule has 2 rings (SSSR count). The topological polar surface area (TPSA) is 40.5 Å². The van der Waals surface area contributed by atoms with Gasteiger partial charge in [0.25, 0.3) is 0 Å². The molecule has 2 heteroatoms. The van der Waals surface area contributed by atoms with Gasteiger partial charge in [-0.3, -0.25) is 0 Å². The Kier molecular flexibility index (Phi) is 2.16. The van der Waals surface area contributed by atoms with Gasteiger partial charge in [0.2, 0.25) is 0 Å². The van der Waals surface area contributed by atoms with E-state index < -0.39 is 0 Å². The number of rotatable bonds is 2. The zero-order chi connectivity index (χ0) is 9.64. The molecule has 2 bridgehead atoms. The van der Waals surface area contributed by atoms with Crippen molar-refractivity contribution in [2.24, 2.45) is 29.1 Å². The summed E-state index contributed by atoms with van der Waals surface area (Å²) < 4.78 is 0. The second kappa shape index (κ2) is 2.96. The van der Waals surface area contributed by atoms with Crippen LogP contribution in [0.5, 0.6) is 0 Å². The molecule has 2 fully saturated rings. The molecule has 2 aliphatic rings. The minimum Gasteiger partial charge on any atom is -0.396 e. The molecule has 0 aromatic heterocycles. The monoisotopic (exact) mass is 184 g/mol. The molecule has 0 aliphatic heterocycles. The number of hydrogen-bond acceptors (Lipinski definition) is 2. The summed E-state index contributed by atoms with van der Waals surface area (Å²) in [6.45, 7) is 4.92. The largest absolute Gasteiger partial charge is 0.396 e. The van der Waals surface area contributed by atoms with Crippen molar-refractivity contribution in [2.45, 2.75) is 26.7 Å². The number of aliphatic hydroxyl groups excluding tert-OH is 2. The molecule has 0 aromatic carbocycles. The molecule has 2 saturated carbocycles. The van der Waals surface area contributed by atoms with Crippen molar-refractivity contribution < 1.29 is 10.2 Å². The van der Waals surface area contributed by atoms with Crippen LogP contribution in [0, 0.1) is 29.1 Å². The van der Waals surface area contributed by atoms with Crippen LogP contribution in [0.15, 0.2) is 0 Å². The van der Waals surface area contributed by atoms with E-state index >= 15 is 0 Å². The maximum Gasteiger partial charge on any atom is 0.0512 e. The SMILES string of the molecule is CC1C2CC(C1C)C(CO)(CO)C2. The summed E-state index contributed by atoms with van der Waals surface area (Å²) in [5.41, 5.74) is -0.142. The Bertz CT molecular complexity index is 196. The first-order valence-electron chi connectivity index (χ1n) is 5.36. The Morgan fingerprint density at radius 1 is 1.15 bits per heavy atom. The maximum absolute atomic E-state index is 9.38. The smallest absolute Gasteiger partial charge is 0.0512 e. The summed E-state index contributed by atoms with van der Waals surface area (Å²) >= 11 is 0. The minimum absolute atomic E-state index is 0.142. The van der Waals surface area contributed by atoms with Gasteiger partial charge in [-0.25, -0.2) is 0 Å². The van der Waals surface area contributed by atoms with E-state index in [4.69, 9.17) is 0 Å². The average molecular weight is 184 g/mol. The van der Waals surface area contributed by atoms with Gasteiger partial charge < -0.3 is 10.2 Å².